The molecule has 0 radical (unpaired) electrons. The summed E-state index contributed by atoms with van der Waals surface area (Å²) in [6.07, 6.45) is 0.316. The average molecular weight is 299 g/mol. The lowest BCUT2D eigenvalue weighted by atomic mass is 10.2. The Kier molecular flexibility index (Phi) is 4.98. The smallest absolute Gasteiger partial charge is 0.0826 e. The predicted octanol–water partition coefficient (Wildman–Crippen LogP) is 1.87. The van der Waals surface area contributed by atoms with Crippen LogP contribution in [0.15, 0.2) is 28.7 Å². The molecule has 0 amide bonds. The maximum atomic E-state index is 5.70. The van der Waals surface area contributed by atoms with Crippen molar-refractivity contribution in [1.29, 1.82) is 0 Å². The Hall–Kier alpha value is -0.420. The van der Waals surface area contributed by atoms with Crippen LogP contribution in [0.1, 0.15) is 5.56 Å². The first-order chi connectivity index (χ1) is 8.25. The largest absolute Gasteiger partial charge is 0.374 e. The van der Waals surface area contributed by atoms with Gasteiger partial charge in [-0.2, -0.15) is 0 Å². The Morgan fingerprint density at radius 1 is 1.47 bits per heavy atom. The van der Waals surface area contributed by atoms with Crippen molar-refractivity contribution < 1.29 is 4.74 Å². The first kappa shape index (κ1) is 13.0. The molecule has 1 N–H and O–H groups in total. The number of morpholine rings is 1. The third kappa shape index (κ3) is 4.07. The SMILES string of the molecule is CN1CCO[C@@H](CNCc2ccccc2Br)C1. The van der Waals surface area contributed by atoms with Gasteiger partial charge in [0.25, 0.3) is 0 Å². The molecule has 0 unspecified atom stereocenters. The zero-order valence-corrected chi connectivity index (χ0v) is 11.7. The Labute approximate surface area is 111 Å². The lowest BCUT2D eigenvalue weighted by Gasteiger charge is -2.30. The number of nitrogens with one attached hydrogen (secondary N) is 1. The van der Waals surface area contributed by atoms with Crippen molar-refractivity contribution >= 4 is 15.9 Å². The van der Waals surface area contributed by atoms with E-state index in [1.165, 1.54) is 5.56 Å². The second-order valence-corrected chi connectivity index (χ2v) is 5.33. The Bertz CT molecular complexity index is 359. The van der Waals surface area contributed by atoms with Crippen molar-refractivity contribution in [2.75, 3.05) is 33.3 Å². The van der Waals surface area contributed by atoms with Gasteiger partial charge in [0.1, 0.15) is 0 Å². The minimum Gasteiger partial charge on any atom is -0.374 e. The minimum absolute atomic E-state index is 0.316. The minimum atomic E-state index is 0.316. The first-order valence-electron chi connectivity index (χ1n) is 6.00. The molecule has 0 bridgehead atoms. The van der Waals surface area contributed by atoms with E-state index >= 15 is 0 Å². The molecule has 0 spiro atoms. The first-order valence-corrected chi connectivity index (χ1v) is 6.79. The van der Waals surface area contributed by atoms with E-state index in [9.17, 15) is 0 Å². The summed E-state index contributed by atoms with van der Waals surface area (Å²) in [7, 11) is 2.14. The van der Waals surface area contributed by atoms with Crippen LogP contribution in [0.5, 0.6) is 0 Å². The van der Waals surface area contributed by atoms with Gasteiger partial charge in [0, 0.05) is 30.7 Å². The van der Waals surface area contributed by atoms with Crippen LogP contribution < -0.4 is 5.32 Å². The predicted molar refractivity (Wildman–Crippen MR) is 73.1 cm³/mol. The monoisotopic (exact) mass is 298 g/mol. The van der Waals surface area contributed by atoms with Crippen LogP contribution in [0, 0.1) is 0 Å². The lowest BCUT2D eigenvalue weighted by Crippen LogP contribution is -2.44. The Morgan fingerprint density at radius 2 is 2.29 bits per heavy atom. The highest BCUT2D eigenvalue weighted by Crippen LogP contribution is 2.15. The molecule has 1 aromatic rings. The topological polar surface area (TPSA) is 24.5 Å². The average Bonchev–Trinajstić information content (AvgIpc) is 2.32. The fraction of sp³-hybridized carbons (Fsp3) is 0.538. The summed E-state index contributed by atoms with van der Waals surface area (Å²) in [6, 6.07) is 8.30. The van der Waals surface area contributed by atoms with E-state index in [2.05, 4.69) is 51.4 Å². The van der Waals surface area contributed by atoms with Crippen LogP contribution in [0.2, 0.25) is 0 Å². The van der Waals surface area contributed by atoms with Crippen LogP contribution in [0.3, 0.4) is 0 Å². The Morgan fingerprint density at radius 3 is 3.06 bits per heavy atom. The Balaban J connectivity index is 1.74. The maximum absolute atomic E-state index is 5.70. The van der Waals surface area contributed by atoms with Crippen LogP contribution in [0.25, 0.3) is 0 Å². The number of ether oxygens (including phenoxy) is 1. The number of hydrogen-bond donors (Lipinski definition) is 1. The van der Waals surface area contributed by atoms with Gasteiger partial charge in [-0.1, -0.05) is 34.1 Å². The van der Waals surface area contributed by atoms with Gasteiger partial charge in [0.2, 0.25) is 0 Å². The van der Waals surface area contributed by atoms with E-state index in [0.29, 0.717) is 6.10 Å². The normalized spacial score (nSPS) is 21.6. The second kappa shape index (κ2) is 6.50. The number of benzene rings is 1. The number of rotatable bonds is 4. The van der Waals surface area contributed by atoms with Gasteiger partial charge >= 0.3 is 0 Å². The van der Waals surface area contributed by atoms with Crippen molar-refractivity contribution in [2.24, 2.45) is 0 Å². The molecule has 4 heteroatoms. The molecule has 1 fully saturated rings. The van der Waals surface area contributed by atoms with Crippen molar-refractivity contribution in [3.63, 3.8) is 0 Å². The number of hydrogen-bond acceptors (Lipinski definition) is 3. The van der Waals surface area contributed by atoms with Crippen LogP contribution in [-0.4, -0.2) is 44.3 Å². The van der Waals surface area contributed by atoms with Crippen molar-refractivity contribution in [3.8, 4) is 0 Å². The molecule has 94 valence electrons. The van der Waals surface area contributed by atoms with Crippen molar-refractivity contribution in [3.05, 3.63) is 34.3 Å². The summed E-state index contributed by atoms with van der Waals surface area (Å²) in [5, 5.41) is 3.45. The van der Waals surface area contributed by atoms with E-state index in [4.69, 9.17) is 4.74 Å². The fourth-order valence-electron chi connectivity index (χ4n) is 2.00. The molecule has 3 nitrogen and oxygen atoms in total. The standard InChI is InChI=1S/C13H19BrN2O/c1-16-6-7-17-12(10-16)9-15-8-11-4-2-3-5-13(11)14/h2-5,12,15H,6-10H2,1H3/t12-/m0/s1. The van der Waals surface area contributed by atoms with E-state index in [0.717, 1.165) is 37.3 Å². The molecule has 17 heavy (non-hydrogen) atoms. The van der Waals surface area contributed by atoms with Gasteiger partial charge in [-0.25, -0.2) is 0 Å². The highest BCUT2D eigenvalue weighted by atomic mass is 79.9. The second-order valence-electron chi connectivity index (χ2n) is 4.48. The molecule has 1 atom stereocenters. The number of halogens is 1. The zero-order valence-electron chi connectivity index (χ0n) is 10.2. The molecule has 0 saturated carbocycles. The maximum Gasteiger partial charge on any atom is 0.0826 e. The third-order valence-corrected chi connectivity index (χ3v) is 3.76. The molecule has 2 rings (SSSR count). The van der Waals surface area contributed by atoms with Gasteiger partial charge in [-0.05, 0) is 18.7 Å². The van der Waals surface area contributed by atoms with Crippen LogP contribution in [-0.2, 0) is 11.3 Å². The summed E-state index contributed by atoms with van der Waals surface area (Å²) in [5.74, 6) is 0. The molecule has 1 aliphatic heterocycles. The molecule has 0 aliphatic carbocycles. The lowest BCUT2D eigenvalue weighted by molar-refractivity contribution is -0.0182. The number of nitrogens with zero attached hydrogens (tertiary/aromatic N) is 1. The summed E-state index contributed by atoms with van der Waals surface area (Å²) in [5.41, 5.74) is 1.29. The fourth-order valence-corrected chi connectivity index (χ4v) is 2.42. The van der Waals surface area contributed by atoms with Gasteiger partial charge < -0.3 is 15.0 Å². The van der Waals surface area contributed by atoms with Gasteiger partial charge in [0.05, 0.1) is 12.7 Å². The van der Waals surface area contributed by atoms with E-state index in [1.54, 1.807) is 0 Å². The van der Waals surface area contributed by atoms with Crippen molar-refractivity contribution in [1.82, 2.24) is 10.2 Å². The van der Waals surface area contributed by atoms with Gasteiger partial charge in [0.15, 0.2) is 0 Å². The highest BCUT2D eigenvalue weighted by Gasteiger charge is 2.16. The van der Waals surface area contributed by atoms with Gasteiger partial charge in [-0.3, -0.25) is 0 Å². The molecule has 1 heterocycles. The van der Waals surface area contributed by atoms with Crippen LogP contribution in [0.4, 0.5) is 0 Å². The molecule has 1 aromatic carbocycles. The highest BCUT2D eigenvalue weighted by molar-refractivity contribution is 9.10. The molecule has 1 saturated heterocycles. The molecular weight excluding hydrogens is 280 g/mol. The summed E-state index contributed by atoms with van der Waals surface area (Å²) < 4.78 is 6.86. The summed E-state index contributed by atoms with van der Waals surface area (Å²) in [4.78, 5) is 2.31. The van der Waals surface area contributed by atoms with E-state index < -0.39 is 0 Å². The molecular formula is C13H19BrN2O. The molecule has 1 aliphatic rings. The zero-order chi connectivity index (χ0) is 12.1. The van der Waals surface area contributed by atoms with Crippen molar-refractivity contribution in [2.45, 2.75) is 12.6 Å². The van der Waals surface area contributed by atoms with E-state index in [-0.39, 0.29) is 0 Å². The van der Waals surface area contributed by atoms with Gasteiger partial charge in [-0.15, -0.1) is 0 Å². The summed E-state index contributed by atoms with van der Waals surface area (Å²) in [6.45, 7) is 4.69. The quantitative estimate of drug-likeness (QED) is 0.918. The third-order valence-electron chi connectivity index (χ3n) is 2.99. The summed E-state index contributed by atoms with van der Waals surface area (Å²) >= 11 is 3.55. The molecule has 0 aromatic heterocycles. The van der Waals surface area contributed by atoms with Crippen LogP contribution >= 0.6 is 15.9 Å². The number of likely N-dealkylation sites (N-methyl/N-ethyl adjacent to an activating group) is 1. The van der Waals surface area contributed by atoms with E-state index in [1.807, 2.05) is 6.07 Å².